The van der Waals surface area contributed by atoms with Gasteiger partial charge in [0.2, 0.25) is 5.95 Å². The van der Waals surface area contributed by atoms with Gasteiger partial charge in [-0.15, -0.1) is 0 Å². The molecule has 2 amide bonds. The first-order chi connectivity index (χ1) is 16.2. The van der Waals surface area contributed by atoms with E-state index in [0.29, 0.717) is 0 Å². The Morgan fingerprint density at radius 3 is 2.43 bits per heavy atom. The van der Waals surface area contributed by atoms with E-state index in [1.807, 2.05) is 0 Å². The molecule has 2 atom stereocenters. The largest absolute Gasteiger partial charge is 0.444 e. The average molecular weight is 519 g/mol. The Morgan fingerprint density at radius 1 is 1.14 bits per heavy atom. The molecule has 35 heavy (non-hydrogen) atoms. The molecule has 0 spiro atoms. The SMILES string of the molecule is CNC(=O)c1cc(-c2cc(C3CN(C(=O)OC(C)(C)C)CC(C(F)(F)F)O3)cc(Cl)n2)cc(F)n1. The number of rotatable bonds is 3. The molecule has 0 aliphatic carbocycles. The van der Waals surface area contributed by atoms with Crippen LogP contribution < -0.4 is 5.32 Å². The molecule has 13 heteroatoms. The van der Waals surface area contributed by atoms with Crippen LogP contribution in [-0.2, 0) is 9.47 Å². The number of aromatic nitrogens is 2. The van der Waals surface area contributed by atoms with E-state index >= 15 is 0 Å². The fourth-order valence-corrected chi connectivity index (χ4v) is 3.56. The summed E-state index contributed by atoms with van der Waals surface area (Å²) in [6.07, 6.45) is -9.20. The van der Waals surface area contributed by atoms with Crippen LogP contribution in [0.4, 0.5) is 22.4 Å². The number of hydrogen-bond acceptors (Lipinski definition) is 6. The smallest absolute Gasteiger partial charge is 0.416 e. The number of nitrogens with one attached hydrogen (secondary N) is 1. The van der Waals surface area contributed by atoms with E-state index in [1.54, 1.807) is 20.8 Å². The van der Waals surface area contributed by atoms with Crippen molar-refractivity contribution in [3.63, 3.8) is 0 Å². The number of ether oxygens (including phenoxy) is 2. The van der Waals surface area contributed by atoms with Crippen molar-refractivity contribution in [3.8, 4) is 11.3 Å². The predicted octanol–water partition coefficient (Wildman–Crippen LogP) is 4.54. The second-order valence-corrected chi connectivity index (χ2v) is 9.18. The zero-order chi connectivity index (χ0) is 26.1. The van der Waals surface area contributed by atoms with Crippen molar-refractivity contribution in [1.82, 2.24) is 20.2 Å². The Morgan fingerprint density at radius 2 is 1.83 bits per heavy atom. The van der Waals surface area contributed by atoms with E-state index in [0.717, 1.165) is 11.0 Å². The Bertz CT molecular complexity index is 1120. The highest BCUT2D eigenvalue weighted by atomic mass is 35.5. The van der Waals surface area contributed by atoms with E-state index in [-0.39, 0.29) is 34.2 Å². The Kier molecular flexibility index (Phi) is 7.56. The number of morpholine rings is 1. The number of alkyl halides is 3. The first-order valence-electron chi connectivity index (χ1n) is 10.4. The van der Waals surface area contributed by atoms with E-state index in [1.165, 1.54) is 25.2 Å². The van der Waals surface area contributed by atoms with Crippen molar-refractivity contribution in [2.24, 2.45) is 0 Å². The lowest BCUT2D eigenvalue weighted by Gasteiger charge is -2.39. The first-order valence-corrected chi connectivity index (χ1v) is 10.8. The third-order valence-electron chi connectivity index (χ3n) is 4.86. The topological polar surface area (TPSA) is 93.7 Å². The number of hydrogen-bond donors (Lipinski definition) is 1. The molecule has 1 saturated heterocycles. The third-order valence-corrected chi connectivity index (χ3v) is 5.05. The fraction of sp³-hybridized carbons (Fsp3) is 0.455. The molecule has 2 unspecified atom stereocenters. The maximum absolute atomic E-state index is 14.1. The molecule has 2 aromatic heterocycles. The number of halogens is 5. The van der Waals surface area contributed by atoms with E-state index in [4.69, 9.17) is 21.1 Å². The summed E-state index contributed by atoms with van der Waals surface area (Å²) >= 11 is 6.12. The van der Waals surface area contributed by atoms with E-state index in [9.17, 15) is 27.2 Å². The van der Waals surface area contributed by atoms with Gasteiger partial charge >= 0.3 is 12.3 Å². The van der Waals surface area contributed by atoms with Crippen LogP contribution in [0.3, 0.4) is 0 Å². The molecule has 0 radical (unpaired) electrons. The lowest BCUT2D eigenvalue weighted by Crippen LogP contribution is -2.53. The van der Waals surface area contributed by atoms with Gasteiger partial charge in [-0.1, -0.05) is 11.6 Å². The molecule has 190 valence electrons. The van der Waals surface area contributed by atoms with Gasteiger partial charge < -0.3 is 19.7 Å². The van der Waals surface area contributed by atoms with Gasteiger partial charge in [0.15, 0.2) is 6.10 Å². The van der Waals surface area contributed by atoms with Crippen molar-refractivity contribution in [1.29, 1.82) is 0 Å². The molecule has 8 nitrogen and oxygen atoms in total. The maximum atomic E-state index is 14.1. The molecule has 0 saturated carbocycles. The molecule has 1 fully saturated rings. The second kappa shape index (κ2) is 9.94. The van der Waals surface area contributed by atoms with Crippen LogP contribution in [0, 0.1) is 5.95 Å². The molecular formula is C22H23ClF4N4O4. The van der Waals surface area contributed by atoms with Gasteiger partial charge in [0.05, 0.1) is 18.8 Å². The quantitative estimate of drug-likeness (QED) is 0.474. The monoisotopic (exact) mass is 518 g/mol. The van der Waals surface area contributed by atoms with Crippen LogP contribution in [0.5, 0.6) is 0 Å². The summed E-state index contributed by atoms with van der Waals surface area (Å²) in [5.74, 6) is -1.61. The lowest BCUT2D eigenvalue weighted by atomic mass is 10.0. The number of carbonyl (C=O) groups is 2. The van der Waals surface area contributed by atoms with Gasteiger partial charge in [-0.25, -0.2) is 14.8 Å². The minimum Gasteiger partial charge on any atom is -0.444 e. The van der Waals surface area contributed by atoms with Crippen LogP contribution in [-0.4, -0.2) is 64.9 Å². The standard InChI is InChI=1S/C22H23ClF4N4O4/c1-21(2,3)35-20(33)31-9-15(34-16(10-31)22(25,26)27)12-6-13(29-17(23)7-12)11-5-14(19(32)28-4)30-18(24)8-11/h5-8,15-16H,9-10H2,1-4H3,(H,28,32). The van der Waals surface area contributed by atoms with Gasteiger partial charge in [-0.05, 0) is 44.5 Å². The molecule has 1 aliphatic heterocycles. The Hall–Kier alpha value is -2.99. The number of amides is 2. The third kappa shape index (κ3) is 6.79. The minimum atomic E-state index is -4.75. The summed E-state index contributed by atoms with van der Waals surface area (Å²) in [5, 5.41) is 2.21. The average Bonchev–Trinajstić information content (AvgIpc) is 2.75. The molecule has 1 N–H and O–H groups in total. The van der Waals surface area contributed by atoms with Gasteiger partial charge in [0.1, 0.15) is 22.6 Å². The van der Waals surface area contributed by atoms with Gasteiger partial charge in [0, 0.05) is 18.7 Å². The number of carbonyl (C=O) groups excluding carboxylic acids is 2. The number of pyridine rings is 2. The molecular weight excluding hydrogens is 496 g/mol. The summed E-state index contributed by atoms with van der Waals surface area (Å²) in [7, 11) is 1.35. The van der Waals surface area contributed by atoms with Crippen LogP contribution >= 0.6 is 11.6 Å². The van der Waals surface area contributed by atoms with Crippen LogP contribution in [0.1, 0.15) is 42.9 Å². The summed E-state index contributed by atoms with van der Waals surface area (Å²) < 4.78 is 65.4. The first kappa shape index (κ1) is 26.6. The zero-order valence-electron chi connectivity index (χ0n) is 19.2. The summed E-state index contributed by atoms with van der Waals surface area (Å²) in [5.41, 5.74) is -0.790. The van der Waals surface area contributed by atoms with Crippen molar-refractivity contribution >= 4 is 23.6 Å². The molecule has 3 heterocycles. The zero-order valence-corrected chi connectivity index (χ0v) is 20.0. The van der Waals surface area contributed by atoms with Gasteiger partial charge in [0.25, 0.3) is 5.91 Å². The van der Waals surface area contributed by atoms with Crippen LogP contribution in [0.15, 0.2) is 24.3 Å². The van der Waals surface area contributed by atoms with Crippen molar-refractivity contribution in [2.75, 3.05) is 20.1 Å². The summed E-state index contributed by atoms with van der Waals surface area (Å²) in [6, 6.07) is 4.91. The highest BCUT2D eigenvalue weighted by Crippen LogP contribution is 2.36. The van der Waals surface area contributed by atoms with E-state index < -0.39 is 48.5 Å². The molecule has 2 aromatic rings. The van der Waals surface area contributed by atoms with Crippen molar-refractivity contribution in [3.05, 3.63) is 46.6 Å². The van der Waals surface area contributed by atoms with Crippen LogP contribution in [0.2, 0.25) is 5.15 Å². The lowest BCUT2D eigenvalue weighted by molar-refractivity contribution is -0.252. The van der Waals surface area contributed by atoms with E-state index in [2.05, 4.69) is 15.3 Å². The molecule has 3 rings (SSSR count). The molecule has 0 bridgehead atoms. The fourth-order valence-electron chi connectivity index (χ4n) is 3.34. The summed E-state index contributed by atoms with van der Waals surface area (Å²) in [4.78, 5) is 33.0. The van der Waals surface area contributed by atoms with Gasteiger partial charge in [-0.3, -0.25) is 4.79 Å². The minimum absolute atomic E-state index is 0.0699. The Labute approximate surface area is 203 Å². The highest BCUT2D eigenvalue weighted by Gasteiger charge is 2.47. The predicted molar refractivity (Wildman–Crippen MR) is 117 cm³/mol. The Balaban J connectivity index is 2.00. The van der Waals surface area contributed by atoms with Gasteiger partial charge in [-0.2, -0.15) is 17.6 Å². The van der Waals surface area contributed by atoms with Crippen LogP contribution in [0.25, 0.3) is 11.3 Å². The second-order valence-electron chi connectivity index (χ2n) is 8.79. The maximum Gasteiger partial charge on any atom is 0.416 e. The normalized spacial score (nSPS) is 18.8. The molecule has 0 aromatic carbocycles. The highest BCUT2D eigenvalue weighted by molar-refractivity contribution is 6.29. The van der Waals surface area contributed by atoms with Crippen molar-refractivity contribution < 1.29 is 36.6 Å². The number of nitrogens with zero attached hydrogens (tertiary/aromatic N) is 3. The molecule has 1 aliphatic rings. The van der Waals surface area contributed by atoms with Crippen molar-refractivity contribution in [2.45, 2.75) is 44.8 Å². The summed E-state index contributed by atoms with van der Waals surface area (Å²) in [6.45, 7) is 3.79.